The average Bonchev–Trinajstić information content (AvgIpc) is 2.46. The molecular formula is C17H22INO. The Bertz CT molecular complexity index is 484. The molecule has 3 heteroatoms. The van der Waals surface area contributed by atoms with Crippen LogP contribution in [0.4, 0.5) is 0 Å². The van der Waals surface area contributed by atoms with Gasteiger partial charge in [0.15, 0.2) is 5.78 Å². The quantitative estimate of drug-likeness (QED) is 0.570. The van der Waals surface area contributed by atoms with Gasteiger partial charge in [0.25, 0.3) is 0 Å². The van der Waals surface area contributed by atoms with Gasteiger partial charge in [-0.3, -0.25) is 4.79 Å². The minimum absolute atomic E-state index is 0.217. The van der Waals surface area contributed by atoms with Crippen LogP contribution in [-0.4, -0.2) is 24.8 Å². The van der Waals surface area contributed by atoms with Crippen LogP contribution in [-0.2, 0) is 4.79 Å². The Kier molecular flexibility index (Phi) is 5.64. The van der Waals surface area contributed by atoms with Gasteiger partial charge >= 0.3 is 0 Å². The van der Waals surface area contributed by atoms with Gasteiger partial charge in [0.1, 0.15) is 0 Å². The van der Waals surface area contributed by atoms with Gasteiger partial charge in [-0.2, -0.15) is 0 Å². The van der Waals surface area contributed by atoms with Crippen LogP contribution in [0, 0.1) is 9.49 Å². The van der Waals surface area contributed by atoms with E-state index in [-0.39, 0.29) is 5.92 Å². The van der Waals surface area contributed by atoms with Crippen LogP contribution in [0.1, 0.15) is 37.7 Å². The fourth-order valence-corrected chi connectivity index (χ4v) is 3.11. The summed E-state index contributed by atoms with van der Waals surface area (Å²) < 4.78 is 1.20. The lowest BCUT2D eigenvalue weighted by Gasteiger charge is -2.22. The van der Waals surface area contributed by atoms with Crippen molar-refractivity contribution in [2.24, 2.45) is 5.92 Å². The first-order chi connectivity index (χ1) is 9.58. The Balaban J connectivity index is 2.27. The third-order valence-electron chi connectivity index (χ3n) is 3.78. The van der Waals surface area contributed by atoms with E-state index in [4.69, 9.17) is 0 Å². The number of halogens is 1. The van der Waals surface area contributed by atoms with E-state index in [1.165, 1.54) is 22.8 Å². The molecule has 0 bridgehead atoms. The van der Waals surface area contributed by atoms with E-state index in [9.17, 15) is 4.79 Å². The van der Waals surface area contributed by atoms with Crippen LogP contribution < -0.4 is 0 Å². The van der Waals surface area contributed by atoms with E-state index in [2.05, 4.69) is 46.9 Å². The van der Waals surface area contributed by atoms with E-state index in [0.29, 0.717) is 5.78 Å². The molecule has 0 amide bonds. The molecule has 108 valence electrons. The number of rotatable bonds is 4. The molecule has 1 saturated carbocycles. The van der Waals surface area contributed by atoms with Gasteiger partial charge in [0.05, 0.1) is 0 Å². The number of Topliss-reactive ketones (excluding diaryl/α,β-unsaturated/α-hetero) is 1. The van der Waals surface area contributed by atoms with Crippen molar-refractivity contribution in [3.8, 4) is 0 Å². The van der Waals surface area contributed by atoms with Crippen molar-refractivity contribution >= 4 is 33.9 Å². The SMILES string of the molecule is CN(C)C=C(C(=O)C1CCCCC1)c1ccc(I)cc1. The fraction of sp³-hybridized carbons (Fsp3) is 0.471. The van der Waals surface area contributed by atoms with E-state index in [1.54, 1.807) is 0 Å². The van der Waals surface area contributed by atoms with Crippen molar-refractivity contribution in [2.75, 3.05) is 14.1 Å². The fourth-order valence-electron chi connectivity index (χ4n) is 2.75. The number of hydrogen-bond acceptors (Lipinski definition) is 2. The maximum Gasteiger partial charge on any atom is 0.168 e. The summed E-state index contributed by atoms with van der Waals surface area (Å²) in [7, 11) is 3.95. The molecule has 0 radical (unpaired) electrons. The lowest BCUT2D eigenvalue weighted by atomic mass is 9.82. The molecule has 1 aliphatic rings. The second kappa shape index (κ2) is 7.25. The van der Waals surface area contributed by atoms with Gasteiger partial charge in [-0.05, 0) is 53.1 Å². The summed E-state index contributed by atoms with van der Waals surface area (Å²) in [6, 6.07) is 8.23. The molecule has 0 saturated heterocycles. The molecule has 1 aromatic carbocycles. The normalized spacial score (nSPS) is 17.1. The van der Waals surface area contributed by atoms with Crippen LogP contribution in [0.3, 0.4) is 0 Å². The van der Waals surface area contributed by atoms with Gasteiger partial charge in [0, 0.05) is 35.4 Å². The molecule has 0 spiro atoms. The molecule has 0 N–H and O–H groups in total. The van der Waals surface area contributed by atoms with E-state index in [1.807, 2.05) is 25.2 Å². The first-order valence-electron chi connectivity index (χ1n) is 7.26. The highest BCUT2D eigenvalue weighted by Crippen LogP contribution is 2.30. The standard InChI is InChI=1S/C17H22INO/c1-19(2)12-16(13-8-10-15(18)11-9-13)17(20)14-6-4-3-5-7-14/h8-12,14H,3-7H2,1-2H3. The van der Waals surface area contributed by atoms with Crippen molar-refractivity contribution in [2.45, 2.75) is 32.1 Å². The zero-order valence-electron chi connectivity index (χ0n) is 12.2. The zero-order chi connectivity index (χ0) is 14.5. The molecule has 0 aromatic heterocycles. The second-order valence-electron chi connectivity index (χ2n) is 5.71. The number of allylic oxidation sites excluding steroid dienone is 1. The predicted molar refractivity (Wildman–Crippen MR) is 92.4 cm³/mol. The molecule has 1 fully saturated rings. The van der Waals surface area contributed by atoms with E-state index >= 15 is 0 Å². The highest BCUT2D eigenvalue weighted by atomic mass is 127. The maximum atomic E-state index is 12.8. The first kappa shape index (κ1) is 15.5. The lowest BCUT2D eigenvalue weighted by Crippen LogP contribution is -2.20. The third kappa shape index (κ3) is 4.08. The second-order valence-corrected chi connectivity index (χ2v) is 6.96. The molecule has 0 aliphatic heterocycles. The minimum atomic E-state index is 0.217. The summed E-state index contributed by atoms with van der Waals surface area (Å²) in [5.41, 5.74) is 1.90. The van der Waals surface area contributed by atoms with Crippen molar-refractivity contribution in [3.05, 3.63) is 39.6 Å². The molecule has 1 aliphatic carbocycles. The minimum Gasteiger partial charge on any atom is -0.383 e. The summed E-state index contributed by atoms with van der Waals surface area (Å²) in [5, 5.41) is 0. The lowest BCUT2D eigenvalue weighted by molar-refractivity contribution is -0.118. The van der Waals surface area contributed by atoms with Crippen LogP contribution in [0.25, 0.3) is 5.57 Å². The Morgan fingerprint density at radius 3 is 2.30 bits per heavy atom. The number of hydrogen-bond donors (Lipinski definition) is 0. The molecule has 0 atom stereocenters. The number of carbonyl (C=O) groups excluding carboxylic acids is 1. The Morgan fingerprint density at radius 2 is 1.75 bits per heavy atom. The topological polar surface area (TPSA) is 20.3 Å². The highest BCUT2D eigenvalue weighted by molar-refractivity contribution is 14.1. The summed E-state index contributed by atoms with van der Waals surface area (Å²) in [6.07, 6.45) is 7.73. The molecule has 2 rings (SSSR count). The summed E-state index contributed by atoms with van der Waals surface area (Å²) in [4.78, 5) is 14.8. The van der Waals surface area contributed by atoms with Crippen LogP contribution in [0.15, 0.2) is 30.5 Å². The molecule has 1 aromatic rings. The Morgan fingerprint density at radius 1 is 1.15 bits per heavy atom. The molecular weight excluding hydrogens is 361 g/mol. The summed E-state index contributed by atoms with van der Waals surface area (Å²) in [5.74, 6) is 0.536. The highest BCUT2D eigenvalue weighted by Gasteiger charge is 2.25. The number of carbonyl (C=O) groups is 1. The number of benzene rings is 1. The maximum absolute atomic E-state index is 12.8. The van der Waals surface area contributed by atoms with Crippen molar-refractivity contribution in [1.82, 2.24) is 4.90 Å². The molecule has 2 nitrogen and oxygen atoms in total. The van der Waals surface area contributed by atoms with E-state index < -0.39 is 0 Å². The van der Waals surface area contributed by atoms with Crippen molar-refractivity contribution in [1.29, 1.82) is 0 Å². The molecule has 0 heterocycles. The average molecular weight is 383 g/mol. The van der Waals surface area contributed by atoms with Crippen LogP contribution >= 0.6 is 22.6 Å². The Labute approximate surface area is 135 Å². The van der Waals surface area contributed by atoms with Crippen LogP contribution in [0.5, 0.6) is 0 Å². The van der Waals surface area contributed by atoms with Gasteiger partial charge in [0.2, 0.25) is 0 Å². The van der Waals surface area contributed by atoms with Gasteiger partial charge in [-0.15, -0.1) is 0 Å². The van der Waals surface area contributed by atoms with Gasteiger partial charge < -0.3 is 4.90 Å². The predicted octanol–water partition coefficient (Wildman–Crippen LogP) is 4.34. The Hall–Kier alpha value is -0.840. The molecule has 20 heavy (non-hydrogen) atoms. The first-order valence-corrected chi connectivity index (χ1v) is 8.34. The van der Waals surface area contributed by atoms with E-state index in [0.717, 1.165) is 24.0 Å². The third-order valence-corrected chi connectivity index (χ3v) is 4.50. The smallest absolute Gasteiger partial charge is 0.168 e. The van der Waals surface area contributed by atoms with Crippen LogP contribution in [0.2, 0.25) is 0 Å². The van der Waals surface area contributed by atoms with Crippen molar-refractivity contribution in [3.63, 3.8) is 0 Å². The monoisotopic (exact) mass is 383 g/mol. The van der Waals surface area contributed by atoms with Crippen molar-refractivity contribution < 1.29 is 4.79 Å². The zero-order valence-corrected chi connectivity index (χ0v) is 14.4. The van der Waals surface area contributed by atoms with Gasteiger partial charge in [-0.25, -0.2) is 0 Å². The molecule has 0 unspecified atom stereocenters. The largest absolute Gasteiger partial charge is 0.383 e. The summed E-state index contributed by atoms with van der Waals surface area (Å²) in [6.45, 7) is 0. The summed E-state index contributed by atoms with van der Waals surface area (Å²) >= 11 is 2.29. The number of ketones is 1. The number of nitrogens with zero attached hydrogens (tertiary/aromatic N) is 1. The van der Waals surface area contributed by atoms with Gasteiger partial charge in [-0.1, -0.05) is 31.4 Å².